The van der Waals surface area contributed by atoms with Gasteiger partial charge in [0.25, 0.3) is 0 Å². The molecule has 0 fully saturated rings. The van der Waals surface area contributed by atoms with Crippen molar-refractivity contribution in [3.8, 4) is 0 Å². The normalized spacial score (nSPS) is 15.7. The minimum atomic E-state index is -3.36. The second kappa shape index (κ2) is 11.8. The Bertz CT molecular complexity index is 430. The maximum atomic E-state index is 6.28. The predicted molar refractivity (Wildman–Crippen MR) is 124 cm³/mol. The first-order chi connectivity index (χ1) is 11.5. The summed E-state index contributed by atoms with van der Waals surface area (Å²) in [6.45, 7) is 19.6. The van der Waals surface area contributed by atoms with Crippen molar-refractivity contribution < 1.29 is 13.9 Å². The Morgan fingerprint density at radius 3 is 2.08 bits per heavy atom. The fraction of sp³-hybridized carbons (Fsp3) is 0.882. The van der Waals surface area contributed by atoms with Gasteiger partial charge in [-0.2, -0.15) is 0 Å². The van der Waals surface area contributed by atoms with E-state index in [1.54, 1.807) is 0 Å². The van der Waals surface area contributed by atoms with Crippen LogP contribution in [0.4, 0.5) is 0 Å². The molecule has 0 saturated carbocycles. The van der Waals surface area contributed by atoms with Crippen molar-refractivity contribution in [2.24, 2.45) is 0 Å². The monoisotopic (exact) mass is 570 g/mol. The molecule has 0 radical (unpaired) electrons. The van der Waals surface area contributed by atoms with Gasteiger partial charge >= 0.3 is 179 Å². The summed E-state index contributed by atoms with van der Waals surface area (Å²) in [5.41, 5.74) is 0. The van der Waals surface area contributed by atoms with Gasteiger partial charge in [-0.3, -0.25) is 0 Å². The van der Waals surface area contributed by atoms with E-state index in [-0.39, 0.29) is 17.9 Å². The van der Waals surface area contributed by atoms with Gasteiger partial charge in [0.2, 0.25) is 0 Å². The third kappa shape index (κ3) is 14.7. The Kier molecular flexibility index (Phi) is 12.6. The first-order valence-corrected chi connectivity index (χ1v) is 28.6. The van der Waals surface area contributed by atoms with E-state index in [0.717, 1.165) is 12.7 Å². The zero-order valence-electron chi connectivity index (χ0n) is 17.6. The van der Waals surface area contributed by atoms with Crippen molar-refractivity contribution >= 4 is 58.2 Å². The van der Waals surface area contributed by atoms with Gasteiger partial charge in [-0.1, -0.05) is 0 Å². The Balaban J connectivity index is 4.61. The van der Waals surface area contributed by atoms with Crippen LogP contribution in [-0.2, 0) is 13.9 Å². The van der Waals surface area contributed by atoms with Crippen LogP contribution in [0.15, 0.2) is 12.2 Å². The Morgan fingerprint density at radius 1 is 1.04 bits per heavy atom. The summed E-state index contributed by atoms with van der Waals surface area (Å²) in [6, 6.07) is 1.12. The van der Waals surface area contributed by atoms with Gasteiger partial charge < -0.3 is 0 Å². The molecule has 26 heavy (non-hydrogen) atoms. The summed E-state index contributed by atoms with van der Waals surface area (Å²) in [6.07, 6.45) is 3.69. The summed E-state index contributed by atoms with van der Waals surface area (Å²) in [4.78, 5) is 0. The van der Waals surface area contributed by atoms with Gasteiger partial charge in [0.15, 0.2) is 0 Å². The average Bonchev–Trinajstić information content (AvgIpc) is 2.39. The molecule has 0 aromatic rings. The molecule has 0 aliphatic heterocycles. The van der Waals surface area contributed by atoms with E-state index in [0.29, 0.717) is 11.0 Å². The van der Waals surface area contributed by atoms with Crippen LogP contribution in [0.1, 0.15) is 20.8 Å². The van der Waals surface area contributed by atoms with Crippen LogP contribution in [-0.4, -0.2) is 57.5 Å². The van der Waals surface area contributed by atoms with Crippen molar-refractivity contribution in [1.82, 2.24) is 0 Å². The van der Waals surface area contributed by atoms with E-state index in [4.69, 9.17) is 40.7 Å². The molecule has 0 rings (SSSR count). The standard InChI is InChI=1S/C17H37O3Si2.3ClH.Sn/c1-10-11-16(14-20-22(8,9)17(2,3)4)19-15-18-12-13-21(5,6)7;;;;/h10-11,16H,1,12-15H2,2-9H3;3*1H;/q;;;;+3/p-3/b11-10+;;;;/t16-;;;;/m0..../s1. The molecular weight excluding hydrogens is 533 g/mol. The Hall–Kier alpha value is 1.72. The van der Waals surface area contributed by atoms with Crippen molar-refractivity contribution in [1.29, 1.82) is 0 Å². The molecule has 0 spiro atoms. The molecular formula is C17H37Cl3O3Si2Sn. The molecule has 0 aliphatic rings. The minimum absolute atomic E-state index is 0.156. The predicted octanol–water partition coefficient (Wildman–Crippen LogP) is 6.92. The van der Waals surface area contributed by atoms with E-state index in [9.17, 15) is 0 Å². The summed E-state index contributed by atoms with van der Waals surface area (Å²) in [7, 11) is 15.1. The molecule has 0 aromatic heterocycles. The van der Waals surface area contributed by atoms with Crippen molar-refractivity contribution in [3.63, 3.8) is 0 Å². The SMILES string of the molecule is CC(C)(C)[Si](C)(C)OC[C@H](/C=C/[CH2][Sn]([Cl])([Cl])[Cl])OCOCC[Si](C)(C)C. The first-order valence-electron chi connectivity index (χ1n) is 9.10. The summed E-state index contributed by atoms with van der Waals surface area (Å²) >= 11 is -3.36. The van der Waals surface area contributed by atoms with Gasteiger partial charge in [0.1, 0.15) is 0 Å². The summed E-state index contributed by atoms with van der Waals surface area (Å²) in [5, 5.41) is 0.156. The number of ether oxygens (including phenoxy) is 2. The van der Waals surface area contributed by atoms with E-state index < -0.39 is 31.4 Å². The second-order valence-electron chi connectivity index (χ2n) is 9.36. The zero-order valence-corrected chi connectivity index (χ0v) is 24.7. The van der Waals surface area contributed by atoms with Crippen LogP contribution in [0, 0.1) is 0 Å². The summed E-state index contributed by atoms with van der Waals surface area (Å²) in [5.74, 6) is 0. The molecule has 0 unspecified atom stereocenters. The number of allylic oxidation sites excluding steroid dienone is 1. The van der Waals surface area contributed by atoms with Crippen LogP contribution < -0.4 is 0 Å². The molecule has 0 aromatic carbocycles. The fourth-order valence-electron chi connectivity index (χ4n) is 1.59. The molecule has 156 valence electrons. The topological polar surface area (TPSA) is 27.7 Å². The van der Waals surface area contributed by atoms with Crippen LogP contribution >= 0.6 is 26.8 Å². The van der Waals surface area contributed by atoms with Crippen LogP contribution in [0.25, 0.3) is 0 Å². The van der Waals surface area contributed by atoms with E-state index in [1.165, 1.54) is 0 Å². The number of rotatable bonds is 12. The third-order valence-electron chi connectivity index (χ3n) is 4.48. The summed E-state index contributed by atoms with van der Waals surface area (Å²) < 4.78 is 18.4. The number of hydrogen-bond acceptors (Lipinski definition) is 3. The molecule has 3 nitrogen and oxygen atoms in total. The zero-order chi connectivity index (χ0) is 20.6. The average molecular weight is 571 g/mol. The molecule has 0 bridgehead atoms. The van der Waals surface area contributed by atoms with Crippen LogP contribution in [0.5, 0.6) is 0 Å². The number of hydrogen-bond donors (Lipinski definition) is 0. The van der Waals surface area contributed by atoms with Gasteiger partial charge in [-0.15, -0.1) is 0 Å². The van der Waals surface area contributed by atoms with Crippen molar-refractivity contribution in [2.45, 2.75) is 75.1 Å². The third-order valence-corrected chi connectivity index (χ3v) is 15.8. The van der Waals surface area contributed by atoms with Crippen LogP contribution in [0.3, 0.4) is 0 Å². The quantitative estimate of drug-likeness (QED) is 0.110. The Morgan fingerprint density at radius 2 is 1.62 bits per heavy atom. The van der Waals surface area contributed by atoms with Crippen molar-refractivity contribution in [3.05, 3.63) is 12.2 Å². The van der Waals surface area contributed by atoms with E-state index in [1.807, 2.05) is 12.2 Å². The first kappa shape index (κ1) is 27.7. The van der Waals surface area contributed by atoms with Crippen molar-refractivity contribution in [2.75, 3.05) is 20.0 Å². The molecule has 1 atom stereocenters. The van der Waals surface area contributed by atoms with E-state index in [2.05, 4.69) is 53.5 Å². The molecule has 0 heterocycles. The molecule has 0 N–H and O–H groups in total. The fourth-order valence-corrected chi connectivity index (χ4v) is 6.31. The molecule has 0 amide bonds. The van der Waals surface area contributed by atoms with Gasteiger partial charge in [0.05, 0.1) is 0 Å². The second-order valence-corrected chi connectivity index (χ2v) is 41.3. The Labute approximate surface area is 178 Å². The molecule has 0 saturated heterocycles. The molecule has 0 aliphatic carbocycles. The number of halogens is 3. The van der Waals surface area contributed by atoms with Gasteiger partial charge in [-0.25, -0.2) is 0 Å². The maximum absolute atomic E-state index is 6.28. The van der Waals surface area contributed by atoms with Gasteiger partial charge in [0, 0.05) is 0 Å². The van der Waals surface area contributed by atoms with Gasteiger partial charge in [-0.05, 0) is 0 Å². The van der Waals surface area contributed by atoms with Crippen LogP contribution in [0.2, 0.25) is 48.3 Å². The van der Waals surface area contributed by atoms with E-state index >= 15 is 0 Å². The molecule has 9 heteroatoms.